The van der Waals surface area contributed by atoms with Crippen molar-refractivity contribution in [3.63, 3.8) is 0 Å². The Morgan fingerprint density at radius 2 is 1.72 bits per heavy atom. The van der Waals surface area contributed by atoms with Crippen LogP contribution in [0.2, 0.25) is 0 Å². The summed E-state index contributed by atoms with van der Waals surface area (Å²) < 4.78 is 40.2. The molecule has 7 heteroatoms. The summed E-state index contributed by atoms with van der Waals surface area (Å²) in [5, 5.41) is 19.2. The van der Waals surface area contributed by atoms with Gasteiger partial charge in [0, 0.05) is 5.33 Å². The maximum atomic E-state index is 11.9. The van der Waals surface area contributed by atoms with Gasteiger partial charge in [-0.25, -0.2) is 0 Å². The molecule has 0 spiro atoms. The molecule has 0 saturated heterocycles. The largest absolute Gasteiger partial charge is 0.484 e. The average molecular weight is 329 g/mol. The molecule has 0 aliphatic heterocycles. The molecule has 0 saturated carbocycles. The second-order valence-electron chi connectivity index (χ2n) is 3.64. The van der Waals surface area contributed by atoms with Crippen LogP contribution in [-0.4, -0.2) is 34.4 Å². The summed E-state index contributed by atoms with van der Waals surface area (Å²) in [6.07, 6.45) is -6.46. The molecule has 0 aliphatic rings. The van der Waals surface area contributed by atoms with Gasteiger partial charge in [0.25, 0.3) is 0 Å². The van der Waals surface area contributed by atoms with Crippen LogP contribution < -0.4 is 4.74 Å². The van der Waals surface area contributed by atoms with Gasteiger partial charge in [-0.2, -0.15) is 13.2 Å². The Balaban J connectivity index is 2.63. The second kappa shape index (κ2) is 6.40. The van der Waals surface area contributed by atoms with E-state index in [2.05, 4.69) is 20.7 Å². The third kappa shape index (κ3) is 4.83. The molecule has 0 heterocycles. The van der Waals surface area contributed by atoms with Gasteiger partial charge in [0.2, 0.25) is 0 Å². The Labute approximate surface area is 110 Å². The Bertz CT molecular complexity index is 367. The SMILES string of the molecule is OC(CBr)C(O)c1ccc(OCC(F)(F)F)cc1. The number of hydrogen-bond acceptors (Lipinski definition) is 3. The number of benzene rings is 1. The van der Waals surface area contributed by atoms with Crippen LogP contribution in [0.4, 0.5) is 13.2 Å². The van der Waals surface area contributed by atoms with Crippen LogP contribution in [0.1, 0.15) is 11.7 Å². The summed E-state index contributed by atoms with van der Waals surface area (Å²) in [6, 6.07) is 5.43. The van der Waals surface area contributed by atoms with Crippen LogP contribution >= 0.6 is 15.9 Å². The van der Waals surface area contributed by atoms with E-state index in [9.17, 15) is 23.4 Å². The summed E-state index contributed by atoms with van der Waals surface area (Å²) in [5.41, 5.74) is 0.404. The highest BCUT2D eigenvalue weighted by molar-refractivity contribution is 9.09. The van der Waals surface area contributed by atoms with E-state index in [1.54, 1.807) is 0 Å². The number of aliphatic hydroxyl groups is 2. The Kier molecular flexibility index (Phi) is 5.43. The standard InChI is InChI=1S/C11H12BrF3O3/c12-5-9(16)10(17)7-1-3-8(4-2-7)18-6-11(13,14)15/h1-4,9-10,16-17H,5-6H2. The van der Waals surface area contributed by atoms with E-state index >= 15 is 0 Å². The first-order valence-electron chi connectivity index (χ1n) is 5.05. The van der Waals surface area contributed by atoms with Crippen molar-refractivity contribution in [2.75, 3.05) is 11.9 Å². The average Bonchev–Trinajstić information content (AvgIpc) is 2.34. The van der Waals surface area contributed by atoms with E-state index in [0.717, 1.165) is 0 Å². The Morgan fingerprint density at radius 1 is 1.17 bits per heavy atom. The van der Waals surface area contributed by atoms with E-state index in [4.69, 9.17) is 0 Å². The zero-order chi connectivity index (χ0) is 13.8. The first-order valence-corrected chi connectivity index (χ1v) is 6.17. The molecule has 2 unspecified atom stereocenters. The highest BCUT2D eigenvalue weighted by atomic mass is 79.9. The van der Waals surface area contributed by atoms with Gasteiger partial charge in [-0.05, 0) is 17.7 Å². The first kappa shape index (κ1) is 15.3. The number of halogens is 4. The second-order valence-corrected chi connectivity index (χ2v) is 4.29. The van der Waals surface area contributed by atoms with Crippen molar-refractivity contribution in [3.8, 4) is 5.75 Å². The van der Waals surface area contributed by atoms with E-state index < -0.39 is 25.0 Å². The van der Waals surface area contributed by atoms with E-state index in [1.807, 2.05) is 0 Å². The minimum atomic E-state index is -4.38. The van der Waals surface area contributed by atoms with E-state index in [1.165, 1.54) is 24.3 Å². The van der Waals surface area contributed by atoms with Crippen molar-refractivity contribution in [2.24, 2.45) is 0 Å². The Hall–Kier alpha value is -0.790. The highest BCUT2D eigenvalue weighted by Gasteiger charge is 2.28. The highest BCUT2D eigenvalue weighted by Crippen LogP contribution is 2.23. The molecule has 1 aromatic rings. The minimum Gasteiger partial charge on any atom is -0.484 e. The van der Waals surface area contributed by atoms with Gasteiger partial charge in [-0.3, -0.25) is 0 Å². The molecule has 0 fully saturated rings. The summed E-state index contributed by atoms with van der Waals surface area (Å²) in [6.45, 7) is -1.36. The summed E-state index contributed by atoms with van der Waals surface area (Å²) in [5.74, 6) is 0.0524. The number of rotatable bonds is 5. The number of alkyl halides is 4. The normalized spacial score (nSPS) is 15.2. The number of hydrogen-bond donors (Lipinski definition) is 2. The van der Waals surface area contributed by atoms with Gasteiger partial charge in [0.15, 0.2) is 6.61 Å². The van der Waals surface area contributed by atoms with Gasteiger partial charge < -0.3 is 14.9 Å². The molecule has 18 heavy (non-hydrogen) atoms. The molecule has 102 valence electrons. The van der Waals surface area contributed by atoms with Crippen LogP contribution in [0.3, 0.4) is 0 Å². The molecule has 2 atom stereocenters. The predicted molar refractivity (Wildman–Crippen MR) is 62.8 cm³/mol. The van der Waals surface area contributed by atoms with Gasteiger partial charge in [-0.1, -0.05) is 28.1 Å². The summed E-state index contributed by atoms with van der Waals surface area (Å²) in [7, 11) is 0. The lowest BCUT2D eigenvalue weighted by Gasteiger charge is -2.16. The molecule has 0 aromatic heterocycles. The maximum Gasteiger partial charge on any atom is 0.422 e. The van der Waals surface area contributed by atoms with Gasteiger partial charge in [0.1, 0.15) is 11.9 Å². The van der Waals surface area contributed by atoms with Crippen molar-refractivity contribution in [1.29, 1.82) is 0 Å². The summed E-state index contributed by atoms with van der Waals surface area (Å²) in [4.78, 5) is 0. The predicted octanol–water partition coefficient (Wildman–Crippen LogP) is 2.42. The Morgan fingerprint density at radius 3 is 2.17 bits per heavy atom. The molecular weight excluding hydrogens is 317 g/mol. The fourth-order valence-electron chi connectivity index (χ4n) is 1.23. The molecule has 0 aliphatic carbocycles. The fraction of sp³-hybridized carbons (Fsp3) is 0.455. The van der Waals surface area contributed by atoms with Crippen LogP contribution in [0.15, 0.2) is 24.3 Å². The van der Waals surface area contributed by atoms with E-state index in [0.29, 0.717) is 5.56 Å². The lowest BCUT2D eigenvalue weighted by atomic mass is 10.1. The molecule has 0 radical (unpaired) electrons. The monoisotopic (exact) mass is 328 g/mol. The third-order valence-corrected chi connectivity index (χ3v) is 2.81. The van der Waals surface area contributed by atoms with Crippen molar-refractivity contribution in [2.45, 2.75) is 18.4 Å². The van der Waals surface area contributed by atoms with Gasteiger partial charge in [0.05, 0.1) is 6.10 Å². The first-order chi connectivity index (χ1) is 8.33. The van der Waals surface area contributed by atoms with Crippen molar-refractivity contribution < 1.29 is 28.1 Å². The van der Waals surface area contributed by atoms with Crippen LogP contribution in [-0.2, 0) is 0 Å². The molecule has 0 bridgehead atoms. The molecule has 3 nitrogen and oxygen atoms in total. The number of aliphatic hydroxyl groups excluding tert-OH is 2. The van der Waals surface area contributed by atoms with Crippen LogP contribution in [0.25, 0.3) is 0 Å². The van der Waals surface area contributed by atoms with Crippen molar-refractivity contribution >= 4 is 15.9 Å². The molecule has 2 N–H and O–H groups in total. The summed E-state index contributed by atoms with van der Waals surface area (Å²) >= 11 is 3.01. The lowest BCUT2D eigenvalue weighted by molar-refractivity contribution is -0.153. The zero-order valence-electron chi connectivity index (χ0n) is 9.19. The topological polar surface area (TPSA) is 49.7 Å². The van der Waals surface area contributed by atoms with Crippen molar-refractivity contribution in [3.05, 3.63) is 29.8 Å². The third-order valence-electron chi connectivity index (χ3n) is 2.15. The van der Waals surface area contributed by atoms with Gasteiger partial charge in [-0.15, -0.1) is 0 Å². The van der Waals surface area contributed by atoms with Gasteiger partial charge >= 0.3 is 6.18 Å². The van der Waals surface area contributed by atoms with Crippen molar-refractivity contribution in [1.82, 2.24) is 0 Å². The zero-order valence-corrected chi connectivity index (χ0v) is 10.8. The lowest BCUT2D eigenvalue weighted by Crippen LogP contribution is -2.20. The maximum absolute atomic E-state index is 11.9. The molecule has 0 amide bonds. The van der Waals surface area contributed by atoms with Crippen LogP contribution in [0.5, 0.6) is 5.75 Å². The molecule has 1 rings (SSSR count). The molecular formula is C11H12BrF3O3. The van der Waals surface area contributed by atoms with E-state index in [-0.39, 0.29) is 11.1 Å². The quantitative estimate of drug-likeness (QED) is 0.816. The van der Waals surface area contributed by atoms with Crippen LogP contribution in [0, 0.1) is 0 Å². The smallest absolute Gasteiger partial charge is 0.422 e. The fourth-order valence-corrected chi connectivity index (χ4v) is 1.59. The minimum absolute atomic E-state index is 0.0524. The number of ether oxygens (including phenoxy) is 1. The molecule has 1 aromatic carbocycles.